The normalized spacial score (nSPS) is 19.1. The van der Waals surface area contributed by atoms with Crippen LogP contribution in [0.25, 0.3) is 11.2 Å². The molecule has 4 atom stereocenters. The van der Waals surface area contributed by atoms with Crippen molar-refractivity contribution in [3.8, 4) is 23.4 Å². The summed E-state index contributed by atoms with van der Waals surface area (Å²) in [7, 11) is -1.63. The number of imidazole rings is 1. The predicted octanol–water partition coefficient (Wildman–Crippen LogP) is 8.19. The van der Waals surface area contributed by atoms with E-state index in [9.17, 15) is 15.2 Å². The molecule has 0 spiro atoms. The lowest BCUT2D eigenvalue weighted by Crippen LogP contribution is -2.42. The summed E-state index contributed by atoms with van der Waals surface area (Å²) < 4.78 is 37.9. The lowest BCUT2D eigenvalue weighted by molar-refractivity contribution is -0.119. The Bertz CT molecular complexity index is 2170. The van der Waals surface area contributed by atoms with E-state index in [0.717, 1.165) is 16.7 Å². The van der Waals surface area contributed by atoms with Gasteiger partial charge >= 0.3 is 0 Å². The first kappa shape index (κ1) is 40.2. The number of fused-ring (bicyclic) bond motifs is 3. The summed E-state index contributed by atoms with van der Waals surface area (Å²) in [6, 6.07) is 28.1. The number of anilines is 1. The van der Waals surface area contributed by atoms with Crippen LogP contribution in [0.5, 0.6) is 17.4 Å². The second-order valence-electron chi connectivity index (χ2n) is 14.8. The van der Waals surface area contributed by atoms with Crippen molar-refractivity contribution in [2.45, 2.75) is 90.5 Å². The Morgan fingerprint density at radius 1 is 0.982 bits per heavy atom. The lowest BCUT2D eigenvalue weighted by atomic mass is 9.77. The van der Waals surface area contributed by atoms with Gasteiger partial charge in [-0.25, -0.2) is 14.6 Å². The first-order valence-electron chi connectivity index (χ1n) is 19.2. The van der Waals surface area contributed by atoms with Crippen LogP contribution in [0.15, 0.2) is 85.2 Å². The maximum atomic E-state index is 13.1. The molecule has 3 aromatic carbocycles. The van der Waals surface area contributed by atoms with Crippen molar-refractivity contribution in [3.63, 3.8) is 0 Å². The summed E-state index contributed by atoms with van der Waals surface area (Å²) in [5.41, 5.74) is 1.77. The zero-order chi connectivity index (χ0) is 40.3. The molecule has 298 valence electrons. The van der Waals surface area contributed by atoms with Crippen molar-refractivity contribution < 1.29 is 33.2 Å². The van der Waals surface area contributed by atoms with Gasteiger partial charge in [-0.1, -0.05) is 80.6 Å². The molecule has 15 heteroatoms. The minimum absolute atomic E-state index is 0.0561. The Morgan fingerprint density at radius 2 is 1.63 bits per heavy atom. The molecule has 5 aromatic rings. The van der Waals surface area contributed by atoms with Gasteiger partial charge in [0.05, 0.1) is 31.8 Å². The van der Waals surface area contributed by atoms with Crippen LogP contribution in [0, 0.1) is 17.2 Å². The SMILES string of the molecule is CC(C)C(=O)Nc1nc2c(O)ncnc2n1[C@H]1C[C@H](OC2(c3ccccc3)c3ccccc3Oc3ccccc32)[C@@H](COP(OCCC#N)N(C(C)C)C(C)C)O1. The average Bonchev–Trinajstić information content (AvgIpc) is 3.77. The molecule has 14 nitrogen and oxygen atoms in total. The Labute approximate surface area is 333 Å². The lowest BCUT2D eigenvalue weighted by Gasteiger charge is -2.43. The minimum atomic E-state index is -1.63. The van der Waals surface area contributed by atoms with E-state index in [1.54, 1.807) is 18.4 Å². The van der Waals surface area contributed by atoms with Gasteiger partial charge in [-0.2, -0.15) is 10.2 Å². The zero-order valence-electron chi connectivity index (χ0n) is 32.9. The predicted molar refractivity (Wildman–Crippen MR) is 214 cm³/mol. The first-order valence-corrected chi connectivity index (χ1v) is 20.4. The monoisotopic (exact) mass is 793 g/mol. The third-order valence-electron chi connectivity index (χ3n) is 9.96. The molecule has 0 aliphatic carbocycles. The van der Waals surface area contributed by atoms with Gasteiger partial charge in [0.1, 0.15) is 30.2 Å². The smallest absolute Gasteiger partial charge is 0.259 e. The summed E-state index contributed by atoms with van der Waals surface area (Å²) in [5, 5.41) is 23.0. The van der Waals surface area contributed by atoms with Crippen molar-refractivity contribution in [2.75, 3.05) is 18.5 Å². The number of nitrogens with one attached hydrogen (secondary N) is 1. The van der Waals surface area contributed by atoms with E-state index < -0.39 is 32.6 Å². The van der Waals surface area contributed by atoms with Gasteiger partial charge in [-0.05, 0) is 45.4 Å². The fraction of sp³-hybridized carbons (Fsp3) is 0.405. The molecule has 2 aliphatic rings. The summed E-state index contributed by atoms with van der Waals surface area (Å²) in [4.78, 5) is 26.1. The first-order chi connectivity index (χ1) is 27.5. The maximum Gasteiger partial charge on any atom is 0.259 e. The highest BCUT2D eigenvalue weighted by Gasteiger charge is 2.51. The zero-order valence-corrected chi connectivity index (χ0v) is 33.8. The Hall–Kier alpha value is -5.00. The summed E-state index contributed by atoms with van der Waals surface area (Å²) in [6.07, 6.45) is -0.427. The molecule has 0 radical (unpaired) electrons. The molecular weight excluding hydrogens is 745 g/mol. The van der Waals surface area contributed by atoms with Gasteiger partial charge in [0.15, 0.2) is 16.8 Å². The summed E-state index contributed by atoms with van der Waals surface area (Å²) in [6.45, 7) is 12.2. The van der Waals surface area contributed by atoms with E-state index in [2.05, 4.69) is 58.7 Å². The van der Waals surface area contributed by atoms with Crippen molar-refractivity contribution in [1.29, 1.82) is 5.26 Å². The van der Waals surface area contributed by atoms with Gasteiger partial charge in [-0.3, -0.25) is 14.7 Å². The molecule has 57 heavy (non-hydrogen) atoms. The van der Waals surface area contributed by atoms with Gasteiger partial charge in [0, 0.05) is 35.5 Å². The number of amides is 1. The average molecular weight is 794 g/mol. The minimum Gasteiger partial charge on any atom is -0.492 e. The molecule has 7 rings (SSSR count). The van der Waals surface area contributed by atoms with Gasteiger partial charge in [0.25, 0.3) is 8.53 Å². The number of carbonyl (C=O) groups excluding carboxylic acids is 1. The number of hydrogen-bond acceptors (Lipinski definition) is 12. The fourth-order valence-corrected chi connectivity index (χ4v) is 9.08. The number of hydrogen-bond donors (Lipinski definition) is 2. The van der Waals surface area contributed by atoms with E-state index in [1.165, 1.54) is 6.33 Å². The molecule has 2 aliphatic heterocycles. The van der Waals surface area contributed by atoms with Gasteiger partial charge in [-0.15, -0.1) is 0 Å². The molecular formula is C42H48N7O7P. The van der Waals surface area contributed by atoms with Crippen LogP contribution < -0.4 is 10.1 Å². The molecule has 0 saturated carbocycles. The summed E-state index contributed by atoms with van der Waals surface area (Å²) >= 11 is 0. The van der Waals surface area contributed by atoms with E-state index in [4.69, 9.17) is 23.3 Å². The van der Waals surface area contributed by atoms with E-state index >= 15 is 0 Å². The van der Waals surface area contributed by atoms with Crippen LogP contribution in [-0.2, 0) is 28.9 Å². The van der Waals surface area contributed by atoms with Crippen molar-refractivity contribution in [2.24, 2.45) is 5.92 Å². The molecule has 2 N–H and O–H groups in total. The number of nitriles is 1. The second-order valence-corrected chi connectivity index (χ2v) is 16.3. The third-order valence-corrected chi connectivity index (χ3v) is 12.0. The quantitative estimate of drug-likeness (QED) is 0.0772. The van der Waals surface area contributed by atoms with Crippen LogP contribution in [0.3, 0.4) is 0 Å². The molecule has 1 fully saturated rings. The number of carbonyl (C=O) groups is 1. The standard InChI is InChI=1S/C42H48N7O7P/c1-26(2)39(50)47-41-46-37-38(44-25-45-40(37)51)48(41)36-23-34(35(55-36)24-53-57(52-22-14-21-43)49(27(3)4)28(5)6)56-42(29-15-8-7-9-16-29)30-17-10-12-19-32(30)54-33-20-13-11-18-31(33)42/h7-13,15-20,25-28,34-36H,14,22-24H2,1-6H3,(H,44,45,51)(H,46,47,50)/t34-,35+,36+,57?/m0/s1. The van der Waals surface area contributed by atoms with Crippen LogP contribution in [0.4, 0.5) is 5.95 Å². The molecule has 1 amide bonds. The van der Waals surface area contributed by atoms with E-state index in [-0.39, 0.29) is 73.0 Å². The maximum absolute atomic E-state index is 13.1. The Morgan fingerprint density at radius 3 is 2.26 bits per heavy atom. The van der Waals surface area contributed by atoms with Crippen LogP contribution in [0.1, 0.15) is 77.3 Å². The highest BCUT2D eigenvalue weighted by Crippen LogP contribution is 2.55. The molecule has 1 unspecified atom stereocenters. The van der Waals surface area contributed by atoms with Crippen LogP contribution in [0.2, 0.25) is 0 Å². The fourth-order valence-electron chi connectivity index (χ4n) is 7.46. The molecule has 2 aromatic heterocycles. The number of ether oxygens (including phenoxy) is 3. The molecule has 4 heterocycles. The Kier molecular flexibility index (Phi) is 12.2. The number of aromatic nitrogens is 4. The van der Waals surface area contributed by atoms with Crippen LogP contribution >= 0.6 is 8.53 Å². The number of aromatic hydroxyl groups is 1. The number of nitrogens with zero attached hydrogens (tertiary/aromatic N) is 6. The van der Waals surface area contributed by atoms with E-state index in [0.29, 0.717) is 11.5 Å². The second kappa shape index (κ2) is 17.2. The van der Waals surface area contributed by atoms with Gasteiger partial charge in [0.2, 0.25) is 17.7 Å². The summed E-state index contributed by atoms with van der Waals surface area (Å²) in [5.74, 6) is 0.514. The van der Waals surface area contributed by atoms with E-state index in [1.807, 2.05) is 78.9 Å². The van der Waals surface area contributed by atoms with Crippen molar-refractivity contribution >= 4 is 31.5 Å². The highest BCUT2D eigenvalue weighted by molar-refractivity contribution is 7.44. The number of para-hydroxylation sites is 2. The topological polar surface area (TPSA) is 166 Å². The Balaban J connectivity index is 1.35. The van der Waals surface area contributed by atoms with Crippen LogP contribution in [-0.4, -0.2) is 72.7 Å². The third kappa shape index (κ3) is 7.96. The van der Waals surface area contributed by atoms with Crippen molar-refractivity contribution in [1.82, 2.24) is 24.2 Å². The number of benzene rings is 3. The highest BCUT2D eigenvalue weighted by atomic mass is 31.2. The molecule has 0 bridgehead atoms. The largest absolute Gasteiger partial charge is 0.492 e. The van der Waals surface area contributed by atoms with Gasteiger partial charge < -0.3 is 28.4 Å². The van der Waals surface area contributed by atoms with Crippen molar-refractivity contribution in [3.05, 3.63) is 102 Å². The molecule has 1 saturated heterocycles. The number of rotatable bonds is 15.